The van der Waals surface area contributed by atoms with Crippen molar-refractivity contribution >= 4 is 24.1 Å². The second-order valence-electron chi connectivity index (χ2n) is 9.99. The zero-order valence-electron chi connectivity index (χ0n) is 22.0. The van der Waals surface area contributed by atoms with E-state index in [1.807, 2.05) is 17.9 Å². The standard InChI is InChI=1S/C12H21NO2.C9H13N3O2.C3H4F3NO/c1-8(15-4)5-11(14)13-6-9-10(7-13)12(9,2)3;10-5-8(12-6-13)4-7-2-1-3-11-9(7)14;1-7-2(8)3(4,5)6/h8-10H,5-7H2,1-4H3;6-8H,1-4H2,(H,11,14)(H,12,13);1H3,(H,7,8)/t8-,9?,10?;;/m1../s1. The van der Waals surface area contributed by atoms with Crippen molar-refractivity contribution in [3.05, 3.63) is 0 Å². The number of ether oxygens (including phenoxy) is 1. The Kier molecular flexibility index (Phi) is 12.3. The number of nitrogens with zero attached hydrogens (tertiary/aromatic N) is 2. The molecule has 0 aromatic heterocycles. The Balaban J connectivity index is 0.000000292. The molecule has 210 valence electrons. The quantitative estimate of drug-likeness (QED) is 0.422. The van der Waals surface area contributed by atoms with Gasteiger partial charge in [-0.2, -0.15) is 18.4 Å². The Morgan fingerprint density at radius 2 is 1.92 bits per heavy atom. The second kappa shape index (κ2) is 14.2. The molecule has 10 nitrogen and oxygen atoms in total. The van der Waals surface area contributed by atoms with E-state index in [0.717, 1.165) is 44.8 Å². The summed E-state index contributed by atoms with van der Waals surface area (Å²) in [6.45, 7) is 9.20. The number of fused-ring (bicyclic) bond motifs is 1. The fourth-order valence-electron chi connectivity index (χ4n) is 4.52. The molecular weight excluding hydrogens is 495 g/mol. The van der Waals surface area contributed by atoms with Crippen molar-refractivity contribution in [3.63, 3.8) is 0 Å². The number of methoxy groups -OCH3 is 1. The number of carbonyl (C=O) groups is 4. The summed E-state index contributed by atoms with van der Waals surface area (Å²) in [6.07, 6.45) is -1.54. The molecule has 5 atom stereocenters. The molecule has 1 saturated carbocycles. The number of alkyl halides is 3. The van der Waals surface area contributed by atoms with Crippen LogP contribution in [-0.2, 0) is 23.9 Å². The van der Waals surface area contributed by atoms with Gasteiger partial charge in [0.25, 0.3) is 0 Å². The summed E-state index contributed by atoms with van der Waals surface area (Å²) in [5.41, 5.74) is 0.490. The molecule has 1 aliphatic carbocycles. The van der Waals surface area contributed by atoms with E-state index >= 15 is 0 Å². The molecular formula is C24H38F3N5O5. The fourth-order valence-corrected chi connectivity index (χ4v) is 4.52. The summed E-state index contributed by atoms with van der Waals surface area (Å²) >= 11 is 0. The first-order chi connectivity index (χ1) is 17.2. The van der Waals surface area contributed by atoms with Crippen LogP contribution in [0.2, 0.25) is 0 Å². The molecule has 0 radical (unpaired) electrons. The third-order valence-corrected chi connectivity index (χ3v) is 7.17. The van der Waals surface area contributed by atoms with Crippen LogP contribution in [0.3, 0.4) is 0 Å². The lowest BCUT2D eigenvalue weighted by atomic mass is 9.92. The molecule has 37 heavy (non-hydrogen) atoms. The van der Waals surface area contributed by atoms with Crippen molar-refractivity contribution in [1.29, 1.82) is 5.26 Å². The van der Waals surface area contributed by atoms with E-state index in [-0.39, 0.29) is 23.8 Å². The maximum Gasteiger partial charge on any atom is 0.471 e. The number of halogens is 3. The van der Waals surface area contributed by atoms with Gasteiger partial charge in [-0.15, -0.1) is 0 Å². The van der Waals surface area contributed by atoms with Gasteiger partial charge in [0.05, 0.1) is 18.6 Å². The van der Waals surface area contributed by atoms with E-state index < -0.39 is 18.1 Å². The van der Waals surface area contributed by atoms with Crippen LogP contribution in [0.25, 0.3) is 0 Å². The van der Waals surface area contributed by atoms with Gasteiger partial charge in [0.1, 0.15) is 6.04 Å². The Morgan fingerprint density at radius 3 is 2.32 bits per heavy atom. The Bertz CT molecular complexity index is 832. The number of nitrogens with one attached hydrogen (secondary N) is 3. The van der Waals surface area contributed by atoms with E-state index in [0.29, 0.717) is 31.2 Å². The van der Waals surface area contributed by atoms with Crippen LogP contribution in [0.4, 0.5) is 13.2 Å². The summed E-state index contributed by atoms with van der Waals surface area (Å²) in [6, 6.07) is 1.39. The zero-order chi connectivity index (χ0) is 28.4. The summed E-state index contributed by atoms with van der Waals surface area (Å²) in [5, 5.41) is 15.2. The van der Waals surface area contributed by atoms with E-state index in [4.69, 9.17) is 10.00 Å². The van der Waals surface area contributed by atoms with Crippen molar-refractivity contribution < 1.29 is 37.1 Å². The molecule has 0 bridgehead atoms. The summed E-state index contributed by atoms with van der Waals surface area (Å²) in [4.78, 5) is 44.9. The molecule has 3 N–H and O–H groups in total. The van der Waals surface area contributed by atoms with Crippen LogP contribution < -0.4 is 16.0 Å². The molecule has 3 aliphatic rings. The SMILES string of the molecule is CNC(=O)C(F)(F)F.CO[C@H](C)CC(=O)N1CC2C(C1)C2(C)C.N#CC(CC1CCCNC1=O)NC=O. The van der Waals surface area contributed by atoms with Crippen LogP contribution in [0.5, 0.6) is 0 Å². The average molecular weight is 534 g/mol. The maximum atomic E-state index is 11.8. The van der Waals surface area contributed by atoms with Gasteiger partial charge in [-0.05, 0) is 43.4 Å². The molecule has 3 rings (SSSR count). The normalized spacial score (nSPS) is 24.8. The molecule has 2 heterocycles. The van der Waals surface area contributed by atoms with E-state index in [9.17, 15) is 32.3 Å². The monoisotopic (exact) mass is 533 g/mol. The zero-order valence-corrected chi connectivity index (χ0v) is 22.0. The molecule has 4 amide bonds. The maximum absolute atomic E-state index is 11.8. The van der Waals surface area contributed by atoms with Crippen molar-refractivity contribution in [2.24, 2.45) is 23.2 Å². The van der Waals surface area contributed by atoms with Gasteiger partial charge in [0.2, 0.25) is 18.2 Å². The lowest BCUT2D eigenvalue weighted by molar-refractivity contribution is -0.173. The van der Waals surface area contributed by atoms with Gasteiger partial charge in [-0.3, -0.25) is 19.2 Å². The first-order valence-electron chi connectivity index (χ1n) is 12.2. The number of likely N-dealkylation sites (tertiary alicyclic amines) is 1. The van der Waals surface area contributed by atoms with Crippen LogP contribution in [0.1, 0.15) is 46.5 Å². The molecule has 2 saturated heterocycles. The minimum Gasteiger partial charge on any atom is -0.381 e. The minimum absolute atomic E-state index is 0.0100. The number of hydrogen-bond donors (Lipinski definition) is 3. The van der Waals surface area contributed by atoms with Gasteiger partial charge in [0.15, 0.2) is 0 Å². The first kappa shape index (κ1) is 32.1. The van der Waals surface area contributed by atoms with Gasteiger partial charge in [0, 0.05) is 39.7 Å². The second-order valence-corrected chi connectivity index (χ2v) is 9.99. The predicted octanol–water partition coefficient (Wildman–Crippen LogP) is 1.36. The Hall–Kier alpha value is -2.88. The third kappa shape index (κ3) is 9.83. The molecule has 0 aromatic rings. The van der Waals surface area contributed by atoms with Crippen LogP contribution >= 0.6 is 0 Å². The van der Waals surface area contributed by atoms with Crippen molar-refractivity contribution in [2.45, 2.75) is 64.8 Å². The molecule has 0 aromatic carbocycles. The summed E-state index contributed by atoms with van der Waals surface area (Å²) in [7, 11) is 2.58. The number of amides is 4. The van der Waals surface area contributed by atoms with E-state index in [2.05, 4.69) is 24.5 Å². The number of nitriles is 1. The molecule has 4 unspecified atom stereocenters. The fraction of sp³-hybridized carbons (Fsp3) is 0.792. The van der Waals surface area contributed by atoms with Crippen LogP contribution in [0.15, 0.2) is 0 Å². The third-order valence-electron chi connectivity index (χ3n) is 7.17. The van der Waals surface area contributed by atoms with Gasteiger partial charge in [-0.25, -0.2) is 0 Å². The number of piperidine rings is 2. The highest BCUT2D eigenvalue weighted by Crippen LogP contribution is 2.61. The van der Waals surface area contributed by atoms with Gasteiger partial charge >= 0.3 is 12.1 Å². The lowest BCUT2D eigenvalue weighted by Gasteiger charge is -2.23. The highest BCUT2D eigenvalue weighted by molar-refractivity contribution is 5.81. The number of carbonyl (C=O) groups excluding carboxylic acids is 4. The summed E-state index contributed by atoms with van der Waals surface area (Å²) < 4.78 is 38.2. The van der Waals surface area contributed by atoms with Gasteiger partial charge in [-0.1, -0.05) is 13.8 Å². The highest BCUT2D eigenvalue weighted by Gasteiger charge is 2.62. The molecule has 3 fully saturated rings. The first-order valence-corrected chi connectivity index (χ1v) is 12.2. The number of rotatable bonds is 7. The van der Waals surface area contributed by atoms with Crippen LogP contribution in [-0.4, -0.2) is 81.1 Å². The Labute approximate surface area is 215 Å². The molecule has 13 heteroatoms. The van der Waals surface area contributed by atoms with Crippen molar-refractivity contribution in [2.75, 3.05) is 33.8 Å². The molecule has 2 aliphatic heterocycles. The topological polar surface area (TPSA) is 141 Å². The largest absolute Gasteiger partial charge is 0.471 e. The number of hydrogen-bond acceptors (Lipinski definition) is 6. The Morgan fingerprint density at radius 1 is 1.32 bits per heavy atom. The smallest absolute Gasteiger partial charge is 0.381 e. The predicted molar refractivity (Wildman–Crippen MR) is 128 cm³/mol. The van der Waals surface area contributed by atoms with Crippen molar-refractivity contribution in [1.82, 2.24) is 20.9 Å². The highest BCUT2D eigenvalue weighted by atomic mass is 19.4. The minimum atomic E-state index is -4.74. The van der Waals surface area contributed by atoms with E-state index in [1.165, 1.54) is 5.32 Å². The summed E-state index contributed by atoms with van der Waals surface area (Å²) in [5.74, 6) is -0.312. The average Bonchev–Trinajstić information content (AvgIpc) is 3.17. The van der Waals surface area contributed by atoms with E-state index in [1.54, 1.807) is 7.11 Å². The van der Waals surface area contributed by atoms with Crippen LogP contribution in [0, 0.1) is 34.5 Å². The lowest BCUT2D eigenvalue weighted by Crippen LogP contribution is -2.40. The van der Waals surface area contributed by atoms with Gasteiger partial charge < -0.3 is 25.6 Å². The van der Waals surface area contributed by atoms with Crippen molar-refractivity contribution in [3.8, 4) is 6.07 Å². The molecule has 0 spiro atoms.